The molecule has 2 N–H and O–H groups in total. The fraction of sp³-hybridized carbons (Fsp3) is 0.125. The summed E-state index contributed by atoms with van der Waals surface area (Å²) in [5, 5.41) is 8.62. The summed E-state index contributed by atoms with van der Waals surface area (Å²) in [6.07, 6.45) is 6.81. The minimum Gasteiger partial charge on any atom is -0.480 e. The van der Waals surface area contributed by atoms with Gasteiger partial charge in [0.2, 0.25) is 0 Å². The van der Waals surface area contributed by atoms with Crippen molar-refractivity contribution in [2.24, 2.45) is 5.10 Å². The van der Waals surface area contributed by atoms with E-state index in [-0.39, 0.29) is 12.5 Å². The van der Waals surface area contributed by atoms with Crippen molar-refractivity contribution in [3.63, 3.8) is 0 Å². The Morgan fingerprint density at radius 3 is 2.68 bits per heavy atom. The highest BCUT2D eigenvalue weighted by Gasteiger charge is 2.17. The largest absolute Gasteiger partial charge is 0.480 e. The number of ether oxygens (including phenoxy) is 1. The summed E-state index contributed by atoms with van der Waals surface area (Å²) in [4.78, 5) is 24.8. The number of fused-ring (bicyclic) bond motifs is 1. The number of halogens is 1. The monoisotopic (exact) mass is 477 g/mol. The first-order chi connectivity index (χ1) is 15.0. The van der Waals surface area contributed by atoms with Gasteiger partial charge in [0.25, 0.3) is 11.8 Å². The van der Waals surface area contributed by atoms with Gasteiger partial charge in [-0.15, -0.1) is 6.42 Å². The van der Waals surface area contributed by atoms with Crippen LogP contribution in [0.2, 0.25) is 0 Å². The summed E-state index contributed by atoms with van der Waals surface area (Å²) in [5.74, 6) is 2.18. The quantitative estimate of drug-likeness (QED) is 0.307. The normalized spacial score (nSPS) is 11.6. The van der Waals surface area contributed by atoms with E-state index < -0.39 is 11.9 Å². The van der Waals surface area contributed by atoms with Gasteiger partial charge in [-0.1, -0.05) is 48.4 Å². The molecular weight excluding hydrogens is 458 g/mol. The van der Waals surface area contributed by atoms with E-state index in [2.05, 4.69) is 37.7 Å². The van der Waals surface area contributed by atoms with Crippen molar-refractivity contribution in [1.29, 1.82) is 0 Å². The van der Waals surface area contributed by atoms with Crippen LogP contribution in [-0.4, -0.2) is 30.7 Å². The second-order valence-corrected chi connectivity index (χ2v) is 7.45. The molecule has 1 unspecified atom stereocenters. The van der Waals surface area contributed by atoms with Crippen molar-refractivity contribution in [3.8, 4) is 18.1 Å². The standard InChI is InChI=1S/C24H20BrN3O3/c1-3-14-31-22-13-12-17-8-4-5-9-18(17)20(22)15-26-28-23(29)16(2)27-24(30)19-10-6-7-11-21(19)25/h1,4-13,15-16H,14H2,2H3,(H,27,30)(H,28,29). The second-order valence-electron chi connectivity index (χ2n) is 6.60. The van der Waals surface area contributed by atoms with Crippen LogP contribution in [0.25, 0.3) is 10.8 Å². The first-order valence-electron chi connectivity index (χ1n) is 9.47. The first-order valence-corrected chi connectivity index (χ1v) is 10.3. The number of rotatable bonds is 7. The van der Waals surface area contributed by atoms with Gasteiger partial charge in [-0.2, -0.15) is 5.10 Å². The van der Waals surface area contributed by atoms with E-state index in [1.54, 1.807) is 31.2 Å². The Balaban J connectivity index is 1.71. The molecule has 0 bridgehead atoms. The molecule has 6 nitrogen and oxygen atoms in total. The minimum absolute atomic E-state index is 0.115. The third-order valence-electron chi connectivity index (χ3n) is 4.47. The Labute approximate surface area is 188 Å². The van der Waals surface area contributed by atoms with Gasteiger partial charge in [-0.05, 0) is 51.8 Å². The Bertz CT molecular complexity index is 1180. The zero-order valence-corrected chi connectivity index (χ0v) is 18.3. The molecular formula is C24H20BrN3O3. The average molecular weight is 478 g/mol. The number of benzene rings is 3. The Hall–Kier alpha value is -3.63. The third kappa shape index (κ3) is 5.50. The number of terminal acetylenes is 1. The third-order valence-corrected chi connectivity index (χ3v) is 5.16. The Morgan fingerprint density at radius 1 is 1.16 bits per heavy atom. The van der Waals surface area contributed by atoms with Crippen molar-refractivity contribution in [3.05, 3.63) is 76.3 Å². The van der Waals surface area contributed by atoms with Crippen LogP contribution in [0.4, 0.5) is 0 Å². The van der Waals surface area contributed by atoms with Crippen LogP contribution in [0.3, 0.4) is 0 Å². The van der Waals surface area contributed by atoms with Gasteiger partial charge < -0.3 is 10.1 Å². The van der Waals surface area contributed by atoms with Gasteiger partial charge in [0.15, 0.2) is 0 Å². The van der Waals surface area contributed by atoms with Crippen molar-refractivity contribution < 1.29 is 14.3 Å². The predicted octanol–water partition coefficient (Wildman–Crippen LogP) is 3.88. The number of hydrogen-bond donors (Lipinski definition) is 2. The molecule has 3 aromatic carbocycles. The maximum absolute atomic E-state index is 12.4. The van der Waals surface area contributed by atoms with Crippen LogP contribution < -0.4 is 15.5 Å². The van der Waals surface area contributed by atoms with Gasteiger partial charge in [0.1, 0.15) is 18.4 Å². The number of carbonyl (C=O) groups excluding carboxylic acids is 2. The molecule has 31 heavy (non-hydrogen) atoms. The number of nitrogens with one attached hydrogen (secondary N) is 2. The lowest BCUT2D eigenvalue weighted by Crippen LogP contribution is -2.43. The lowest BCUT2D eigenvalue weighted by atomic mass is 10.0. The molecule has 0 aliphatic carbocycles. The molecule has 0 aliphatic rings. The lowest BCUT2D eigenvalue weighted by molar-refractivity contribution is -0.122. The molecule has 2 amide bonds. The summed E-state index contributed by atoms with van der Waals surface area (Å²) in [5.41, 5.74) is 3.59. The molecule has 0 saturated heterocycles. The van der Waals surface area contributed by atoms with E-state index in [1.165, 1.54) is 6.21 Å². The minimum atomic E-state index is -0.790. The second kappa shape index (κ2) is 10.4. The highest BCUT2D eigenvalue weighted by Crippen LogP contribution is 2.26. The number of hydrogen-bond acceptors (Lipinski definition) is 4. The molecule has 0 heterocycles. The molecule has 0 radical (unpaired) electrons. The van der Waals surface area contributed by atoms with E-state index in [4.69, 9.17) is 11.2 Å². The topological polar surface area (TPSA) is 79.8 Å². The SMILES string of the molecule is C#CCOc1ccc2ccccc2c1C=NNC(=O)C(C)NC(=O)c1ccccc1Br. The summed E-state index contributed by atoms with van der Waals surface area (Å²) in [7, 11) is 0. The van der Waals surface area contributed by atoms with E-state index in [0.717, 1.165) is 10.8 Å². The molecule has 3 aromatic rings. The van der Waals surface area contributed by atoms with Crippen LogP contribution >= 0.6 is 15.9 Å². The number of carbonyl (C=O) groups is 2. The summed E-state index contributed by atoms with van der Waals surface area (Å²) >= 11 is 3.33. The van der Waals surface area contributed by atoms with Gasteiger partial charge in [-0.25, -0.2) is 5.43 Å². The molecule has 0 saturated carbocycles. The summed E-state index contributed by atoms with van der Waals surface area (Å²) < 4.78 is 6.26. The van der Waals surface area contributed by atoms with E-state index in [9.17, 15) is 9.59 Å². The van der Waals surface area contributed by atoms with Crippen molar-refractivity contribution >= 4 is 44.7 Å². The average Bonchev–Trinajstić information content (AvgIpc) is 2.78. The number of amides is 2. The molecule has 1 atom stereocenters. The molecule has 3 rings (SSSR count). The molecule has 0 fully saturated rings. The van der Waals surface area contributed by atoms with Crippen LogP contribution in [0.1, 0.15) is 22.8 Å². The fourth-order valence-electron chi connectivity index (χ4n) is 2.90. The highest BCUT2D eigenvalue weighted by molar-refractivity contribution is 9.10. The van der Waals surface area contributed by atoms with Crippen molar-refractivity contribution in [2.75, 3.05) is 6.61 Å². The van der Waals surface area contributed by atoms with Crippen molar-refractivity contribution in [1.82, 2.24) is 10.7 Å². The van der Waals surface area contributed by atoms with Crippen molar-refractivity contribution in [2.45, 2.75) is 13.0 Å². The zero-order chi connectivity index (χ0) is 22.2. The van der Waals surface area contributed by atoms with Crippen LogP contribution in [0.5, 0.6) is 5.75 Å². The van der Waals surface area contributed by atoms with Gasteiger partial charge in [0.05, 0.1) is 11.8 Å². The maximum Gasteiger partial charge on any atom is 0.262 e. The van der Waals surface area contributed by atoms with Crippen LogP contribution in [0, 0.1) is 12.3 Å². The van der Waals surface area contributed by atoms with E-state index in [0.29, 0.717) is 21.3 Å². The molecule has 0 aromatic heterocycles. The van der Waals surface area contributed by atoms with Gasteiger partial charge in [-0.3, -0.25) is 9.59 Å². The smallest absolute Gasteiger partial charge is 0.262 e. The lowest BCUT2D eigenvalue weighted by Gasteiger charge is -2.13. The first kappa shape index (κ1) is 22.1. The predicted molar refractivity (Wildman–Crippen MR) is 125 cm³/mol. The van der Waals surface area contributed by atoms with E-state index >= 15 is 0 Å². The summed E-state index contributed by atoms with van der Waals surface area (Å²) in [6, 6.07) is 17.7. The maximum atomic E-state index is 12.4. The molecule has 156 valence electrons. The number of nitrogens with zero attached hydrogens (tertiary/aromatic N) is 1. The highest BCUT2D eigenvalue weighted by atomic mass is 79.9. The Kier molecular flexibility index (Phi) is 7.41. The van der Waals surface area contributed by atoms with Gasteiger partial charge >= 0.3 is 0 Å². The molecule has 0 aliphatic heterocycles. The van der Waals surface area contributed by atoms with Crippen LogP contribution in [0.15, 0.2) is 70.2 Å². The molecule has 0 spiro atoms. The number of hydrazone groups is 1. The Morgan fingerprint density at radius 2 is 1.90 bits per heavy atom. The zero-order valence-electron chi connectivity index (χ0n) is 16.8. The van der Waals surface area contributed by atoms with E-state index in [1.807, 2.05) is 36.4 Å². The molecule has 7 heteroatoms. The summed E-state index contributed by atoms with van der Waals surface area (Å²) in [6.45, 7) is 1.70. The van der Waals surface area contributed by atoms with Crippen LogP contribution in [-0.2, 0) is 4.79 Å². The van der Waals surface area contributed by atoms with Gasteiger partial charge in [0, 0.05) is 10.0 Å². The fourth-order valence-corrected chi connectivity index (χ4v) is 3.36.